The van der Waals surface area contributed by atoms with E-state index in [-0.39, 0.29) is 0 Å². The van der Waals surface area contributed by atoms with Gasteiger partial charge in [0, 0.05) is 16.3 Å². The van der Waals surface area contributed by atoms with Gasteiger partial charge in [-0.15, -0.1) is 11.3 Å². The van der Waals surface area contributed by atoms with Gasteiger partial charge in [-0.3, -0.25) is 4.68 Å². The van der Waals surface area contributed by atoms with Gasteiger partial charge in [0.05, 0.1) is 23.0 Å². The van der Waals surface area contributed by atoms with Gasteiger partial charge in [-0.25, -0.2) is 0 Å². The molecule has 18 heavy (non-hydrogen) atoms. The van der Waals surface area contributed by atoms with Gasteiger partial charge in [0.15, 0.2) is 0 Å². The topological polar surface area (TPSA) is 29.9 Å². The molecule has 0 radical (unpaired) electrons. The molecular weight excluding hydrogens is 266 g/mol. The lowest BCUT2D eigenvalue weighted by molar-refractivity contribution is 0.658. The number of rotatable bonds is 4. The zero-order valence-electron chi connectivity index (χ0n) is 11.2. The van der Waals surface area contributed by atoms with E-state index in [2.05, 4.69) is 23.4 Å². The largest absolute Gasteiger partial charge is 0.315 e. The molecule has 2 rings (SSSR count). The second-order valence-corrected chi connectivity index (χ2v) is 6.19. The summed E-state index contributed by atoms with van der Waals surface area (Å²) in [5.41, 5.74) is 3.26. The van der Waals surface area contributed by atoms with Crippen LogP contribution in [0.4, 0.5) is 0 Å². The molecular formula is C13H18ClN3S. The molecule has 5 heteroatoms. The first-order valence-electron chi connectivity index (χ1n) is 5.95. The van der Waals surface area contributed by atoms with Crippen LogP contribution in [0.1, 0.15) is 26.7 Å². The van der Waals surface area contributed by atoms with E-state index in [1.54, 1.807) is 0 Å². The van der Waals surface area contributed by atoms with Gasteiger partial charge in [-0.2, -0.15) is 5.10 Å². The molecule has 98 valence electrons. The third kappa shape index (κ3) is 2.60. The Morgan fingerprint density at radius 1 is 1.39 bits per heavy atom. The summed E-state index contributed by atoms with van der Waals surface area (Å²) >= 11 is 8.01. The molecule has 0 aliphatic heterocycles. The van der Waals surface area contributed by atoms with E-state index >= 15 is 0 Å². The van der Waals surface area contributed by atoms with Crippen LogP contribution >= 0.6 is 22.9 Å². The summed E-state index contributed by atoms with van der Waals surface area (Å²) in [6.07, 6.45) is 0. The van der Waals surface area contributed by atoms with Crippen molar-refractivity contribution in [3.05, 3.63) is 37.8 Å². The molecule has 0 aliphatic rings. The first-order valence-corrected chi connectivity index (χ1v) is 7.14. The monoisotopic (exact) mass is 283 g/mol. The van der Waals surface area contributed by atoms with Crippen LogP contribution in [0, 0.1) is 20.8 Å². The molecule has 0 unspecified atom stereocenters. The minimum Gasteiger partial charge on any atom is -0.315 e. The Hall–Kier alpha value is -0.840. The van der Waals surface area contributed by atoms with Crippen molar-refractivity contribution in [3.8, 4) is 0 Å². The smallest absolute Gasteiger partial charge is 0.0844 e. The Morgan fingerprint density at radius 3 is 2.67 bits per heavy atom. The van der Waals surface area contributed by atoms with Crippen molar-refractivity contribution in [2.75, 3.05) is 7.05 Å². The van der Waals surface area contributed by atoms with E-state index < -0.39 is 0 Å². The van der Waals surface area contributed by atoms with Crippen molar-refractivity contribution < 1.29 is 0 Å². The number of hydrogen-bond acceptors (Lipinski definition) is 3. The van der Waals surface area contributed by atoms with Gasteiger partial charge in [-0.1, -0.05) is 11.6 Å². The molecule has 0 aliphatic carbocycles. The molecule has 0 amide bonds. The molecule has 0 fully saturated rings. The lowest BCUT2D eigenvalue weighted by Gasteiger charge is -2.03. The normalized spacial score (nSPS) is 11.2. The van der Waals surface area contributed by atoms with Crippen molar-refractivity contribution in [1.82, 2.24) is 15.1 Å². The zero-order valence-corrected chi connectivity index (χ0v) is 12.7. The van der Waals surface area contributed by atoms with E-state index in [1.807, 2.05) is 36.9 Å². The maximum Gasteiger partial charge on any atom is 0.0844 e. The number of hydrogen-bond donors (Lipinski definition) is 1. The van der Waals surface area contributed by atoms with Gasteiger partial charge < -0.3 is 5.32 Å². The van der Waals surface area contributed by atoms with E-state index in [0.29, 0.717) is 0 Å². The van der Waals surface area contributed by atoms with Gasteiger partial charge >= 0.3 is 0 Å². The zero-order chi connectivity index (χ0) is 13.3. The fourth-order valence-corrected chi connectivity index (χ4v) is 3.20. The van der Waals surface area contributed by atoms with E-state index in [9.17, 15) is 0 Å². The predicted octanol–water partition coefficient (Wildman–Crippen LogP) is 3.29. The molecule has 2 heterocycles. The third-order valence-corrected chi connectivity index (χ3v) is 4.68. The maximum atomic E-state index is 6.17. The van der Waals surface area contributed by atoms with Gasteiger partial charge in [-0.05, 0) is 39.4 Å². The highest BCUT2D eigenvalue weighted by Gasteiger charge is 2.12. The summed E-state index contributed by atoms with van der Waals surface area (Å²) in [5, 5.41) is 8.43. The predicted molar refractivity (Wildman–Crippen MR) is 77.6 cm³/mol. The number of aromatic nitrogens is 2. The molecule has 0 bridgehead atoms. The molecule has 2 aromatic heterocycles. The number of thiophene rings is 1. The lowest BCUT2D eigenvalue weighted by atomic mass is 10.2. The first kappa shape index (κ1) is 13.6. The molecule has 1 N–H and O–H groups in total. The minimum atomic E-state index is 0.776. The van der Waals surface area contributed by atoms with Crippen LogP contribution < -0.4 is 5.32 Å². The standard InChI is InChI=1S/C13H18ClN3S/c1-8-13(14)9(2)17(16-8)7-11-5-12(6-15-4)18-10(11)3/h5,15H,6-7H2,1-4H3. The molecule has 0 aromatic carbocycles. The minimum absolute atomic E-state index is 0.776. The van der Waals surface area contributed by atoms with Crippen molar-refractivity contribution >= 4 is 22.9 Å². The molecule has 2 aromatic rings. The van der Waals surface area contributed by atoms with E-state index in [1.165, 1.54) is 15.3 Å². The molecule has 0 saturated carbocycles. The van der Waals surface area contributed by atoms with Crippen molar-refractivity contribution in [1.29, 1.82) is 0 Å². The third-order valence-electron chi connectivity index (χ3n) is 3.04. The molecule has 3 nitrogen and oxygen atoms in total. The summed E-state index contributed by atoms with van der Waals surface area (Å²) in [4.78, 5) is 2.71. The van der Waals surface area contributed by atoms with Crippen LogP contribution in [0.15, 0.2) is 6.07 Å². The van der Waals surface area contributed by atoms with Crippen LogP contribution in [-0.4, -0.2) is 16.8 Å². The second kappa shape index (κ2) is 5.43. The Morgan fingerprint density at radius 2 is 2.11 bits per heavy atom. The van der Waals surface area contributed by atoms with Gasteiger partial charge in [0.25, 0.3) is 0 Å². The SMILES string of the molecule is CNCc1cc(Cn2nc(C)c(Cl)c2C)c(C)s1. The summed E-state index contributed by atoms with van der Waals surface area (Å²) in [5.74, 6) is 0. The highest BCUT2D eigenvalue weighted by atomic mass is 35.5. The first-order chi connectivity index (χ1) is 8.52. The fourth-order valence-electron chi connectivity index (χ4n) is 2.00. The summed E-state index contributed by atoms with van der Waals surface area (Å²) in [6.45, 7) is 7.83. The van der Waals surface area contributed by atoms with Gasteiger partial charge in [0.1, 0.15) is 0 Å². The van der Waals surface area contributed by atoms with Crippen LogP contribution in [0.3, 0.4) is 0 Å². The van der Waals surface area contributed by atoms with E-state index in [4.69, 9.17) is 11.6 Å². The molecule has 0 atom stereocenters. The van der Waals surface area contributed by atoms with Crippen LogP contribution in [0.2, 0.25) is 5.02 Å². The molecule has 0 spiro atoms. The quantitative estimate of drug-likeness (QED) is 0.933. The average Bonchev–Trinajstić information content (AvgIpc) is 2.77. The summed E-state index contributed by atoms with van der Waals surface area (Å²) in [6, 6.07) is 2.25. The Bertz CT molecular complexity index is 557. The van der Waals surface area contributed by atoms with Gasteiger partial charge in [0.2, 0.25) is 0 Å². The van der Waals surface area contributed by atoms with E-state index in [0.717, 1.165) is 29.5 Å². The number of halogens is 1. The fraction of sp³-hybridized carbons (Fsp3) is 0.462. The second-order valence-electron chi connectivity index (χ2n) is 4.47. The van der Waals surface area contributed by atoms with Crippen molar-refractivity contribution in [2.45, 2.75) is 33.9 Å². The number of nitrogens with one attached hydrogen (secondary N) is 1. The number of aryl methyl sites for hydroxylation is 2. The highest BCUT2D eigenvalue weighted by Crippen LogP contribution is 2.25. The summed E-state index contributed by atoms with van der Waals surface area (Å²) in [7, 11) is 1.97. The molecule has 0 saturated heterocycles. The number of nitrogens with zero attached hydrogens (tertiary/aromatic N) is 2. The van der Waals surface area contributed by atoms with Crippen molar-refractivity contribution in [2.24, 2.45) is 0 Å². The van der Waals surface area contributed by atoms with Crippen LogP contribution in [-0.2, 0) is 13.1 Å². The van der Waals surface area contributed by atoms with Crippen LogP contribution in [0.25, 0.3) is 0 Å². The lowest BCUT2D eigenvalue weighted by Crippen LogP contribution is -2.05. The highest BCUT2D eigenvalue weighted by molar-refractivity contribution is 7.12. The maximum absolute atomic E-state index is 6.17. The Kier molecular flexibility index (Phi) is 4.10. The summed E-state index contributed by atoms with van der Waals surface area (Å²) < 4.78 is 1.98. The average molecular weight is 284 g/mol. The Balaban J connectivity index is 2.25. The Labute approximate surface area is 117 Å². The van der Waals surface area contributed by atoms with Crippen LogP contribution in [0.5, 0.6) is 0 Å². The van der Waals surface area contributed by atoms with Crippen molar-refractivity contribution in [3.63, 3.8) is 0 Å².